The molecule has 6 nitrogen and oxygen atoms in total. The van der Waals surface area contributed by atoms with Crippen LogP contribution in [0.2, 0.25) is 0 Å². The molecule has 1 saturated heterocycles. The monoisotopic (exact) mass is 459 g/mol. The third-order valence-corrected chi connectivity index (χ3v) is 8.87. The van der Waals surface area contributed by atoms with E-state index in [0.29, 0.717) is 18.5 Å². The molecule has 168 valence electrons. The van der Waals surface area contributed by atoms with E-state index in [1.807, 2.05) is 43.4 Å². The Labute approximate surface area is 194 Å². The lowest BCUT2D eigenvalue weighted by Crippen LogP contribution is -2.48. The van der Waals surface area contributed by atoms with Gasteiger partial charge in [-0.25, -0.2) is 8.42 Å². The highest BCUT2D eigenvalue weighted by Crippen LogP contribution is 2.51. The summed E-state index contributed by atoms with van der Waals surface area (Å²) in [5.41, 5.74) is 4.28. The molecule has 3 aromatic rings. The van der Waals surface area contributed by atoms with Gasteiger partial charge in [0.2, 0.25) is 10.0 Å². The molecule has 1 fully saturated rings. The molecule has 0 amide bonds. The molecule has 0 unspecified atom stereocenters. The molecule has 0 bridgehead atoms. The number of likely N-dealkylation sites (N-methyl/N-ethyl adjacent to an activating group) is 1. The molecule has 2 heterocycles. The zero-order chi connectivity index (χ0) is 23.2. The number of hydrogen-bond acceptors (Lipinski definition) is 5. The lowest BCUT2D eigenvalue weighted by atomic mass is 9.81. The Morgan fingerprint density at radius 2 is 1.79 bits per heavy atom. The van der Waals surface area contributed by atoms with Crippen molar-refractivity contribution in [2.45, 2.75) is 23.4 Å². The van der Waals surface area contributed by atoms with Crippen molar-refractivity contribution in [1.29, 1.82) is 5.26 Å². The third kappa shape index (κ3) is 3.51. The predicted octanol–water partition coefficient (Wildman–Crippen LogP) is 3.79. The highest BCUT2D eigenvalue weighted by Gasteiger charge is 2.50. The van der Waals surface area contributed by atoms with Crippen molar-refractivity contribution < 1.29 is 13.5 Å². The van der Waals surface area contributed by atoms with Crippen molar-refractivity contribution in [2.75, 3.05) is 25.1 Å². The number of aliphatic hydroxyl groups excluding tert-OH is 1. The second kappa shape index (κ2) is 8.31. The van der Waals surface area contributed by atoms with Crippen LogP contribution in [0.4, 0.5) is 5.69 Å². The fraction of sp³-hybridized carbons (Fsp3) is 0.269. The Balaban J connectivity index is 1.65. The summed E-state index contributed by atoms with van der Waals surface area (Å²) >= 11 is 0. The zero-order valence-corrected chi connectivity index (χ0v) is 19.1. The van der Waals surface area contributed by atoms with Gasteiger partial charge in [-0.05, 0) is 59.5 Å². The van der Waals surface area contributed by atoms with Gasteiger partial charge in [0, 0.05) is 25.2 Å². The molecule has 0 spiro atoms. The van der Waals surface area contributed by atoms with E-state index in [9.17, 15) is 18.8 Å². The minimum absolute atomic E-state index is 0.0216. The molecule has 0 saturated carbocycles. The summed E-state index contributed by atoms with van der Waals surface area (Å²) in [6.07, 6.45) is 0.680. The van der Waals surface area contributed by atoms with Gasteiger partial charge in [-0.3, -0.25) is 0 Å². The number of rotatable bonds is 4. The Morgan fingerprint density at radius 3 is 2.52 bits per heavy atom. The number of hydrogen-bond donors (Lipinski definition) is 1. The zero-order valence-electron chi connectivity index (χ0n) is 18.3. The van der Waals surface area contributed by atoms with Crippen LogP contribution in [0.25, 0.3) is 11.1 Å². The summed E-state index contributed by atoms with van der Waals surface area (Å²) in [4.78, 5) is 2.36. The lowest BCUT2D eigenvalue weighted by Gasteiger charge is -2.44. The summed E-state index contributed by atoms with van der Waals surface area (Å²) in [6.45, 7) is 0.368. The highest BCUT2D eigenvalue weighted by atomic mass is 32.2. The average Bonchev–Trinajstić information content (AvgIpc) is 3.31. The van der Waals surface area contributed by atoms with Gasteiger partial charge in [-0.15, -0.1) is 0 Å². The number of nitrogens with zero attached hydrogens (tertiary/aromatic N) is 3. The maximum absolute atomic E-state index is 13.6. The van der Waals surface area contributed by atoms with Gasteiger partial charge in [-0.2, -0.15) is 9.57 Å². The van der Waals surface area contributed by atoms with Crippen molar-refractivity contribution >= 4 is 15.7 Å². The molecule has 33 heavy (non-hydrogen) atoms. The summed E-state index contributed by atoms with van der Waals surface area (Å²) in [7, 11) is -1.74. The molecular weight excluding hydrogens is 434 g/mol. The van der Waals surface area contributed by atoms with Crippen LogP contribution in [0.3, 0.4) is 0 Å². The second-order valence-corrected chi connectivity index (χ2v) is 10.5. The largest absolute Gasteiger partial charge is 0.394 e. The van der Waals surface area contributed by atoms with Gasteiger partial charge in [-0.1, -0.05) is 36.4 Å². The van der Waals surface area contributed by atoms with Crippen LogP contribution >= 0.6 is 0 Å². The number of anilines is 1. The normalized spacial score (nSPS) is 22.5. The number of sulfonamides is 1. The van der Waals surface area contributed by atoms with Crippen molar-refractivity contribution in [1.82, 2.24) is 4.31 Å². The predicted molar refractivity (Wildman–Crippen MR) is 127 cm³/mol. The number of benzene rings is 3. The summed E-state index contributed by atoms with van der Waals surface area (Å²) in [6, 6.07) is 23.6. The van der Waals surface area contributed by atoms with E-state index >= 15 is 0 Å². The van der Waals surface area contributed by atoms with E-state index in [0.717, 1.165) is 22.4 Å². The quantitative estimate of drug-likeness (QED) is 0.642. The molecule has 2 aliphatic rings. The molecule has 1 N–H and O–H groups in total. The first kappa shape index (κ1) is 21.7. The van der Waals surface area contributed by atoms with Crippen LogP contribution in [-0.2, 0) is 10.0 Å². The van der Waals surface area contributed by atoms with Crippen LogP contribution in [0.5, 0.6) is 0 Å². The fourth-order valence-electron chi connectivity index (χ4n) is 5.36. The highest BCUT2D eigenvalue weighted by molar-refractivity contribution is 7.89. The molecule has 5 rings (SSSR count). The third-order valence-electron chi connectivity index (χ3n) is 6.98. The minimum Gasteiger partial charge on any atom is -0.394 e. The first-order valence-corrected chi connectivity index (χ1v) is 12.4. The second-order valence-electron chi connectivity index (χ2n) is 8.65. The Kier molecular flexibility index (Phi) is 5.45. The van der Waals surface area contributed by atoms with E-state index in [4.69, 9.17) is 0 Å². The van der Waals surface area contributed by atoms with Crippen molar-refractivity contribution in [3.05, 3.63) is 83.9 Å². The molecule has 0 aliphatic carbocycles. The van der Waals surface area contributed by atoms with Gasteiger partial charge in [0.15, 0.2) is 0 Å². The Morgan fingerprint density at radius 1 is 1.03 bits per heavy atom. The van der Waals surface area contributed by atoms with Crippen molar-refractivity contribution in [3.8, 4) is 17.2 Å². The van der Waals surface area contributed by atoms with E-state index in [-0.39, 0.29) is 29.5 Å². The van der Waals surface area contributed by atoms with Crippen LogP contribution in [-0.4, -0.2) is 44.1 Å². The van der Waals surface area contributed by atoms with Crippen LogP contribution in [0.15, 0.2) is 77.7 Å². The van der Waals surface area contributed by atoms with Gasteiger partial charge in [0.05, 0.1) is 35.2 Å². The van der Waals surface area contributed by atoms with E-state index in [2.05, 4.69) is 11.0 Å². The van der Waals surface area contributed by atoms with E-state index in [1.54, 1.807) is 40.7 Å². The van der Waals surface area contributed by atoms with Crippen molar-refractivity contribution in [2.24, 2.45) is 5.92 Å². The fourth-order valence-corrected chi connectivity index (χ4v) is 7.04. The van der Waals surface area contributed by atoms with E-state index in [1.165, 1.54) is 0 Å². The molecule has 2 aliphatic heterocycles. The standard InChI is InChI=1S/C26H25N3O3S/c1-28-24-11-10-20(19-7-5-6-18(14-19)16-27)15-23(24)26-22(25(28)17-30)12-13-29(26)33(31,32)21-8-3-2-4-9-21/h2-11,14-15,22,25-26,30H,12-13,17H2,1H3/t22-,25+,26-/m1/s1. The summed E-state index contributed by atoms with van der Waals surface area (Å²) in [5.74, 6) is -0.0216. The maximum atomic E-state index is 13.6. The number of aliphatic hydroxyl groups is 1. The molecule has 0 aromatic heterocycles. The number of fused-ring (bicyclic) bond motifs is 3. The van der Waals surface area contributed by atoms with Gasteiger partial charge in [0.1, 0.15) is 0 Å². The maximum Gasteiger partial charge on any atom is 0.243 e. The molecule has 7 heteroatoms. The van der Waals surface area contributed by atoms with Crippen molar-refractivity contribution in [3.63, 3.8) is 0 Å². The minimum atomic E-state index is -3.70. The van der Waals surface area contributed by atoms with Crippen LogP contribution < -0.4 is 4.90 Å². The van der Waals surface area contributed by atoms with Crippen LogP contribution in [0.1, 0.15) is 23.6 Å². The first-order valence-electron chi connectivity index (χ1n) is 11.0. The van der Waals surface area contributed by atoms with E-state index < -0.39 is 10.0 Å². The Bertz CT molecular complexity index is 1330. The lowest BCUT2D eigenvalue weighted by molar-refractivity contribution is 0.193. The summed E-state index contributed by atoms with van der Waals surface area (Å²) < 4.78 is 28.9. The SMILES string of the molecule is CN1c2ccc(-c3cccc(C#N)c3)cc2[C@H]2[C@H](CCN2S(=O)(=O)c2ccccc2)[C@@H]1CO. The molecule has 3 aromatic carbocycles. The smallest absolute Gasteiger partial charge is 0.243 e. The number of nitriles is 1. The Hall–Kier alpha value is -3.18. The summed E-state index contributed by atoms with van der Waals surface area (Å²) in [5, 5.41) is 19.5. The topological polar surface area (TPSA) is 84.6 Å². The van der Waals surface area contributed by atoms with Gasteiger partial charge in [0.25, 0.3) is 0 Å². The molecule has 0 radical (unpaired) electrons. The first-order chi connectivity index (χ1) is 16.0. The van der Waals surface area contributed by atoms with Gasteiger partial charge < -0.3 is 10.0 Å². The average molecular weight is 460 g/mol. The molecular formula is C26H25N3O3S. The van der Waals surface area contributed by atoms with Gasteiger partial charge >= 0.3 is 0 Å². The molecule has 3 atom stereocenters. The van der Waals surface area contributed by atoms with Crippen LogP contribution in [0, 0.1) is 17.2 Å².